The summed E-state index contributed by atoms with van der Waals surface area (Å²) in [5.41, 5.74) is 0.777. The second-order valence-electron chi connectivity index (χ2n) is 6.20. The molecule has 0 spiro atoms. The maximum Gasteiger partial charge on any atom is 0.266 e. The molecule has 7 nitrogen and oxygen atoms in total. The van der Waals surface area contributed by atoms with Gasteiger partial charge in [-0.05, 0) is 25.8 Å². The summed E-state index contributed by atoms with van der Waals surface area (Å²) in [5.74, 6) is 0.138. The SMILES string of the molecule is Cc1ccc(=O)n(CCN2CCN(C(=O)C3CCCO3)CC2)n1. The average molecular weight is 320 g/mol. The van der Waals surface area contributed by atoms with E-state index < -0.39 is 0 Å². The monoisotopic (exact) mass is 320 g/mol. The number of amides is 1. The van der Waals surface area contributed by atoms with Crippen LogP contribution in [0, 0.1) is 6.92 Å². The van der Waals surface area contributed by atoms with E-state index in [9.17, 15) is 9.59 Å². The number of ether oxygens (including phenoxy) is 1. The van der Waals surface area contributed by atoms with Gasteiger partial charge >= 0.3 is 0 Å². The van der Waals surface area contributed by atoms with E-state index in [1.165, 1.54) is 4.68 Å². The molecular formula is C16H24N4O3. The summed E-state index contributed by atoms with van der Waals surface area (Å²) in [7, 11) is 0. The van der Waals surface area contributed by atoms with E-state index in [4.69, 9.17) is 4.74 Å². The second-order valence-corrected chi connectivity index (χ2v) is 6.20. The molecule has 3 heterocycles. The fourth-order valence-electron chi connectivity index (χ4n) is 3.12. The number of carbonyl (C=O) groups is 1. The highest BCUT2D eigenvalue weighted by molar-refractivity contribution is 5.81. The van der Waals surface area contributed by atoms with E-state index in [2.05, 4.69) is 10.00 Å². The fraction of sp³-hybridized carbons (Fsp3) is 0.688. The molecule has 1 amide bonds. The van der Waals surface area contributed by atoms with Crippen LogP contribution < -0.4 is 5.56 Å². The van der Waals surface area contributed by atoms with Crippen LogP contribution in [0.25, 0.3) is 0 Å². The molecule has 2 aliphatic rings. The van der Waals surface area contributed by atoms with Crippen molar-refractivity contribution in [3.05, 3.63) is 28.2 Å². The Morgan fingerprint density at radius 3 is 2.74 bits per heavy atom. The highest BCUT2D eigenvalue weighted by Gasteiger charge is 2.30. The molecule has 2 saturated heterocycles. The summed E-state index contributed by atoms with van der Waals surface area (Å²) >= 11 is 0. The number of carbonyl (C=O) groups excluding carboxylic acids is 1. The zero-order chi connectivity index (χ0) is 16.2. The second kappa shape index (κ2) is 7.23. The van der Waals surface area contributed by atoms with Gasteiger partial charge < -0.3 is 9.64 Å². The lowest BCUT2D eigenvalue weighted by Crippen LogP contribution is -2.52. The number of hydrogen-bond acceptors (Lipinski definition) is 5. The van der Waals surface area contributed by atoms with E-state index in [0.717, 1.165) is 51.3 Å². The van der Waals surface area contributed by atoms with Crippen LogP contribution in [0.3, 0.4) is 0 Å². The van der Waals surface area contributed by atoms with Gasteiger partial charge in [0.05, 0.1) is 12.2 Å². The van der Waals surface area contributed by atoms with E-state index >= 15 is 0 Å². The largest absolute Gasteiger partial charge is 0.368 e. The first-order valence-electron chi connectivity index (χ1n) is 8.31. The minimum absolute atomic E-state index is 0.0669. The minimum Gasteiger partial charge on any atom is -0.368 e. The third-order valence-electron chi connectivity index (χ3n) is 4.52. The van der Waals surface area contributed by atoms with Crippen molar-refractivity contribution in [3.8, 4) is 0 Å². The fourth-order valence-corrected chi connectivity index (χ4v) is 3.12. The van der Waals surface area contributed by atoms with Crippen molar-refractivity contribution in [2.24, 2.45) is 0 Å². The molecule has 2 fully saturated rings. The van der Waals surface area contributed by atoms with Crippen LogP contribution in [-0.4, -0.2) is 70.9 Å². The van der Waals surface area contributed by atoms with Gasteiger partial charge in [0.1, 0.15) is 6.10 Å². The van der Waals surface area contributed by atoms with Crippen molar-refractivity contribution < 1.29 is 9.53 Å². The summed E-state index contributed by atoms with van der Waals surface area (Å²) in [4.78, 5) is 28.2. The summed E-state index contributed by atoms with van der Waals surface area (Å²) < 4.78 is 6.99. The standard InChI is InChI=1S/C16H24N4O3/c1-13-4-5-15(21)20(17-13)11-8-18-6-9-19(10-7-18)16(22)14-3-2-12-23-14/h4-5,14H,2-3,6-12H2,1H3. The van der Waals surface area contributed by atoms with Gasteiger partial charge in [-0.3, -0.25) is 14.5 Å². The van der Waals surface area contributed by atoms with Crippen molar-refractivity contribution in [2.75, 3.05) is 39.3 Å². The summed E-state index contributed by atoms with van der Waals surface area (Å²) in [6.45, 7) is 7.07. The molecule has 0 saturated carbocycles. The highest BCUT2D eigenvalue weighted by atomic mass is 16.5. The Hall–Kier alpha value is -1.73. The first-order valence-corrected chi connectivity index (χ1v) is 8.31. The maximum atomic E-state index is 12.3. The molecular weight excluding hydrogens is 296 g/mol. The predicted molar refractivity (Wildman–Crippen MR) is 85.2 cm³/mol. The molecule has 1 aromatic heterocycles. The van der Waals surface area contributed by atoms with E-state index in [0.29, 0.717) is 13.2 Å². The van der Waals surface area contributed by atoms with Crippen molar-refractivity contribution in [3.63, 3.8) is 0 Å². The van der Waals surface area contributed by atoms with Gasteiger partial charge in [0.2, 0.25) is 0 Å². The lowest BCUT2D eigenvalue weighted by molar-refractivity contribution is -0.142. The molecule has 0 radical (unpaired) electrons. The normalized spacial score (nSPS) is 22.5. The van der Waals surface area contributed by atoms with Crippen LogP contribution in [0.1, 0.15) is 18.5 Å². The van der Waals surface area contributed by atoms with Gasteiger partial charge in [-0.2, -0.15) is 5.10 Å². The Labute approximate surface area is 135 Å². The smallest absolute Gasteiger partial charge is 0.266 e. The Morgan fingerprint density at radius 1 is 1.26 bits per heavy atom. The Bertz CT molecular complexity index is 602. The van der Waals surface area contributed by atoms with Crippen LogP contribution in [0.15, 0.2) is 16.9 Å². The Balaban J connectivity index is 1.46. The third-order valence-corrected chi connectivity index (χ3v) is 4.52. The molecule has 1 aromatic rings. The maximum absolute atomic E-state index is 12.3. The zero-order valence-electron chi connectivity index (χ0n) is 13.6. The van der Waals surface area contributed by atoms with Crippen LogP contribution in [0.2, 0.25) is 0 Å². The van der Waals surface area contributed by atoms with Crippen LogP contribution in [0.5, 0.6) is 0 Å². The van der Waals surface area contributed by atoms with E-state index in [1.54, 1.807) is 12.1 Å². The molecule has 0 aliphatic carbocycles. The molecule has 1 atom stereocenters. The zero-order valence-corrected chi connectivity index (χ0v) is 13.6. The Morgan fingerprint density at radius 2 is 2.04 bits per heavy atom. The van der Waals surface area contributed by atoms with Gasteiger partial charge in [0.15, 0.2) is 0 Å². The van der Waals surface area contributed by atoms with Gasteiger partial charge in [-0.15, -0.1) is 0 Å². The van der Waals surface area contributed by atoms with Crippen molar-refractivity contribution >= 4 is 5.91 Å². The number of nitrogens with zero attached hydrogens (tertiary/aromatic N) is 4. The van der Waals surface area contributed by atoms with Gasteiger partial charge in [-0.25, -0.2) is 4.68 Å². The molecule has 3 rings (SSSR count). The molecule has 2 aliphatic heterocycles. The number of aryl methyl sites for hydroxylation is 1. The highest BCUT2D eigenvalue weighted by Crippen LogP contribution is 2.15. The molecule has 0 bridgehead atoms. The number of rotatable bonds is 4. The molecule has 0 aromatic carbocycles. The van der Waals surface area contributed by atoms with E-state index in [1.807, 2.05) is 11.8 Å². The van der Waals surface area contributed by atoms with Gasteiger partial charge in [0.25, 0.3) is 11.5 Å². The lowest BCUT2D eigenvalue weighted by Gasteiger charge is -2.35. The predicted octanol–water partition coefficient (Wildman–Crippen LogP) is -0.125. The van der Waals surface area contributed by atoms with Crippen LogP contribution >= 0.6 is 0 Å². The molecule has 1 unspecified atom stereocenters. The van der Waals surface area contributed by atoms with Gasteiger partial charge in [-0.1, -0.05) is 0 Å². The lowest BCUT2D eigenvalue weighted by atomic mass is 10.2. The molecule has 7 heteroatoms. The first-order chi connectivity index (χ1) is 11.1. The molecule has 126 valence electrons. The molecule has 0 N–H and O–H groups in total. The number of piperazine rings is 1. The first kappa shape index (κ1) is 16.1. The third kappa shape index (κ3) is 3.97. The van der Waals surface area contributed by atoms with Gasteiger partial charge in [0, 0.05) is 45.4 Å². The number of aromatic nitrogens is 2. The van der Waals surface area contributed by atoms with Crippen LogP contribution in [0.4, 0.5) is 0 Å². The topological polar surface area (TPSA) is 67.7 Å². The minimum atomic E-state index is -0.225. The van der Waals surface area contributed by atoms with Crippen molar-refractivity contribution in [2.45, 2.75) is 32.4 Å². The number of hydrogen-bond donors (Lipinski definition) is 0. The summed E-state index contributed by atoms with van der Waals surface area (Å²) in [5, 5.41) is 4.25. The van der Waals surface area contributed by atoms with Crippen molar-refractivity contribution in [1.82, 2.24) is 19.6 Å². The van der Waals surface area contributed by atoms with Crippen molar-refractivity contribution in [1.29, 1.82) is 0 Å². The quantitative estimate of drug-likeness (QED) is 0.773. The summed E-state index contributed by atoms with van der Waals surface area (Å²) in [6.07, 6.45) is 1.60. The van der Waals surface area contributed by atoms with E-state index in [-0.39, 0.29) is 17.6 Å². The van der Waals surface area contributed by atoms with Crippen LogP contribution in [-0.2, 0) is 16.1 Å². The average Bonchev–Trinajstić information content (AvgIpc) is 3.10. The summed E-state index contributed by atoms with van der Waals surface area (Å²) in [6, 6.07) is 3.29. The molecule has 23 heavy (non-hydrogen) atoms. The Kier molecular flexibility index (Phi) is 5.07.